The summed E-state index contributed by atoms with van der Waals surface area (Å²) in [6.07, 6.45) is -0.537. The molecule has 0 bridgehead atoms. The Labute approximate surface area is 129 Å². The summed E-state index contributed by atoms with van der Waals surface area (Å²) in [5.74, 6) is 0.462. The second kappa shape index (κ2) is 7.19. The molecule has 8 heteroatoms. The Hall–Kier alpha value is -1.93. The van der Waals surface area contributed by atoms with Gasteiger partial charge < -0.3 is 19.9 Å². The lowest BCUT2D eigenvalue weighted by Gasteiger charge is -2.13. The Kier molecular flexibility index (Phi) is 5.29. The van der Waals surface area contributed by atoms with E-state index in [1.54, 1.807) is 0 Å². The molecule has 0 spiro atoms. The molecular weight excluding hydrogens is 342 g/mol. The number of nitrogens with zero attached hydrogens (tertiary/aromatic N) is 2. The highest BCUT2D eigenvalue weighted by atomic mass is 79.9. The van der Waals surface area contributed by atoms with Gasteiger partial charge in [0.25, 0.3) is 0 Å². The number of aliphatic hydroxyl groups is 1. The third kappa shape index (κ3) is 4.54. The number of amides is 1. The highest BCUT2D eigenvalue weighted by Crippen LogP contribution is 2.19. The fourth-order valence-electron chi connectivity index (χ4n) is 1.81. The van der Waals surface area contributed by atoms with Crippen LogP contribution >= 0.6 is 15.9 Å². The van der Waals surface area contributed by atoms with Crippen molar-refractivity contribution in [3.05, 3.63) is 46.1 Å². The van der Waals surface area contributed by atoms with Crippen LogP contribution in [0, 0.1) is 0 Å². The molecule has 1 aromatic carbocycles. The molecule has 0 fully saturated rings. The Morgan fingerprint density at radius 2 is 2.05 bits per heavy atom. The topological polar surface area (TPSA) is 108 Å². The smallest absolute Gasteiger partial charge is 0.405 e. The zero-order chi connectivity index (χ0) is 15.2. The molecule has 2 aromatic rings. The average molecular weight is 356 g/mol. The number of halogens is 1. The van der Waals surface area contributed by atoms with Crippen molar-refractivity contribution in [1.82, 2.24) is 15.5 Å². The van der Waals surface area contributed by atoms with E-state index < -0.39 is 12.1 Å². The molecule has 0 radical (unpaired) electrons. The van der Waals surface area contributed by atoms with Crippen molar-refractivity contribution in [3.8, 4) is 0 Å². The maximum Gasteiger partial charge on any atom is 0.405 e. The monoisotopic (exact) mass is 355 g/mol. The van der Waals surface area contributed by atoms with Crippen LogP contribution in [-0.2, 0) is 12.8 Å². The summed E-state index contributed by atoms with van der Waals surface area (Å²) < 4.78 is 6.31. The minimum Gasteiger partial charge on any atom is -0.465 e. The zero-order valence-corrected chi connectivity index (χ0v) is 12.6. The molecule has 2 rings (SSSR count). The van der Waals surface area contributed by atoms with Crippen LogP contribution in [0.2, 0.25) is 0 Å². The van der Waals surface area contributed by atoms with Crippen molar-refractivity contribution in [2.45, 2.75) is 18.9 Å². The molecule has 1 atom stereocenters. The van der Waals surface area contributed by atoms with Gasteiger partial charge in [0.05, 0.1) is 6.61 Å². The quantitative estimate of drug-likeness (QED) is 0.730. The predicted octanol–water partition coefficient (Wildman–Crippen LogP) is 1.92. The first-order chi connectivity index (χ1) is 10.1. The summed E-state index contributed by atoms with van der Waals surface area (Å²) in [7, 11) is 0. The Bertz CT molecular complexity index is 600. The number of hydrogen-bond donors (Lipinski definition) is 3. The van der Waals surface area contributed by atoms with Crippen LogP contribution in [0.4, 0.5) is 4.79 Å². The van der Waals surface area contributed by atoms with Gasteiger partial charge >= 0.3 is 6.09 Å². The first kappa shape index (κ1) is 15.5. The molecule has 112 valence electrons. The average Bonchev–Trinajstić information content (AvgIpc) is 2.89. The molecule has 0 saturated carbocycles. The van der Waals surface area contributed by atoms with Gasteiger partial charge in [-0.1, -0.05) is 28.1 Å². The molecule has 3 N–H and O–H groups in total. The first-order valence-electron chi connectivity index (χ1n) is 6.25. The lowest BCUT2D eigenvalue weighted by Crippen LogP contribution is -2.28. The van der Waals surface area contributed by atoms with Crippen molar-refractivity contribution in [2.24, 2.45) is 0 Å². The molecule has 0 unspecified atom stereocenters. The van der Waals surface area contributed by atoms with Crippen molar-refractivity contribution >= 4 is 22.0 Å². The number of hydrogen-bond acceptors (Lipinski definition) is 5. The summed E-state index contributed by atoms with van der Waals surface area (Å²) in [6.45, 7) is -0.106. The van der Waals surface area contributed by atoms with Crippen molar-refractivity contribution in [2.75, 3.05) is 6.61 Å². The zero-order valence-electron chi connectivity index (χ0n) is 11.0. The maximum absolute atomic E-state index is 10.9. The summed E-state index contributed by atoms with van der Waals surface area (Å²) in [5, 5.41) is 27.7. The highest BCUT2D eigenvalue weighted by Gasteiger charge is 2.21. The Morgan fingerprint density at radius 1 is 1.33 bits per heavy atom. The van der Waals surface area contributed by atoms with E-state index in [-0.39, 0.29) is 24.8 Å². The normalized spacial score (nSPS) is 12.1. The third-order valence-electron chi connectivity index (χ3n) is 2.76. The second-order valence-corrected chi connectivity index (χ2v) is 5.26. The van der Waals surface area contributed by atoms with Crippen LogP contribution in [-0.4, -0.2) is 33.1 Å². The van der Waals surface area contributed by atoms with Gasteiger partial charge in [-0.15, -0.1) is 10.2 Å². The van der Waals surface area contributed by atoms with Gasteiger partial charge in [-0.2, -0.15) is 0 Å². The van der Waals surface area contributed by atoms with E-state index in [4.69, 9.17) is 14.6 Å². The fourth-order valence-corrected chi connectivity index (χ4v) is 2.07. The maximum atomic E-state index is 10.9. The number of nitrogens with one attached hydrogen (secondary N) is 1. The van der Waals surface area contributed by atoms with Gasteiger partial charge in [-0.25, -0.2) is 4.79 Å². The molecule has 0 aliphatic carbocycles. The molecular formula is C13H14BrN3O4. The van der Waals surface area contributed by atoms with E-state index in [9.17, 15) is 4.79 Å². The van der Waals surface area contributed by atoms with Crippen LogP contribution < -0.4 is 5.32 Å². The molecule has 0 aliphatic rings. The number of carbonyl (C=O) groups is 1. The van der Waals surface area contributed by atoms with Gasteiger partial charge in [-0.3, -0.25) is 0 Å². The number of aliphatic hydroxyl groups excluding tert-OH is 1. The SMILES string of the molecule is O=C(O)N[C@@H](Cc1ccc(Br)cc1)c1nnc(CCO)o1. The minimum absolute atomic E-state index is 0.106. The number of aromatic nitrogens is 2. The fraction of sp³-hybridized carbons (Fsp3) is 0.308. The van der Waals surface area contributed by atoms with E-state index in [0.29, 0.717) is 6.42 Å². The Balaban J connectivity index is 2.16. The minimum atomic E-state index is -1.17. The molecule has 0 saturated heterocycles. The van der Waals surface area contributed by atoms with E-state index in [0.717, 1.165) is 10.0 Å². The predicted molar refractivity (Wildman–Crippen MR) is 76.8 cm³/mol. The lowest BCUT2D eigenvalue weighted by atomic mass is 10.1. The molecule has 7 nitrogen and oxygen atoms in total. The van der Waals surface area contributed by atoms with E-state index in [1.807, 2.05) is 24.3 Å². The van der Waals surface area contributed by atoms with Gasteiger partial charge in [0.15, 0.2) is 0 Å². The summed E-state index contributed by atoms with van der Waals surface area (Å²) >= 11 is 3.34. The molecule has 1 amide bonds. The summed E-state index contributed by atoms with van der Waals surface area (Å²) in [4.78, 5) is 10.9. The molecule has 21 heavy (non-hydrogen) atoms. The van der Waals surface area contributed by atoms with E-state index in [2.05, 4.69) is 31.4 Å². The lowest BCUT2D eigenvalue weighted by molar-refractivity contribution is 0.187. The summed E-state index contributed by atoms with van der Waals surface area (Å²) in [5.41, 5.74) is 0.929. The van der Waals surface area contributed by atoms with Gasteiger partial charge in [0.1, 0.15) is 6.04 Å². The van der Waals surface area contributed by atoms with Crippen molar-refractivity contribution in [1.29, 1.82) is 0 Å². The number of carboxylic acid groups (broad SMARTS) is 1. The molecule has 1 aromatic heterocycles. The second-order valence-electron chi connectivity index (χ2n) is 4.34. The van der Waals surface area contributed by atoms with Crippen molar-refractivity contribution in [3.63, 3.8) is 0 Å². The number of benzene rings is 1. The van der Waals surface area contributed by atoms with Crippen LogP contribution in [0.5, 0.6) is 0 Å². The van der Waals surface area contributed by atoms with E-state index in [1.165, 1.54) is 0 Å². The highest BCUT2D eigenvalue weighted by molar-refractivity contribution is 9.10. The van der Waals surface area contributed by atoms with E-state index >= 15 is 0 Å². The van der Waals surface area contributed by atoms with Crippen LogP contribution in [0.15, 0.2) is 33.2 Å². The standard InChI is InChI=1S/C13H14BrN3O4/c14-9-3-1-8(2-4-9)7-10(15-13(19)20)12-17-16-11(21-12)5-6-18/h1-4,10,15,18H,5-7H2,(H,19,20)/t10-/m0/s1. The van der Waals surface area contributed by atoms with Gasteiger partial charge in [-0.05, 0) is 17.7 Å². The summed E-state index contributed by atoms with van der Waals surface area (Å²) in [6, 6.07) is 6.87. The molecule has 1 heterocycles. The van der Waals surface area contributed by atoms with Crippen molar-refractivity contribution < 1.29 is 19.4 Å². The van der Waals surface area contributed by atoms with Gasteiger partial charge in [0.2, 0.25) is 11.8 Å². The first-order valence-corrected chi connectivity index (χ1v) is 7.05. The third-order valence-corrected chi connectivity index (χ3v) is 3.29. The van der Waals surface area contributed by atoms with Crippen LogP contribution in [0.25, 0.3) is 0 Å². The number of rotatable bonds is 6. The van der Waals surface area contributed by atoms with Crippen LogP contribution in [0.1, 0.15) is 23.4 Å². The molecule has 0 aliphatic heterocycles. The van der Waals surface area contributed by atoms with Crippen LogP contribution in [0.3, 0.4) is 0 Å². The van der Waals surface area contributed by atoms with Gasteiger partial charge in [0, 0.05) is 17.3 Å². The Morgan fingerprint density at radius 3 is 2.67 bits per heavy atom. The largest absolute Gasteiger partial charge is 0.465 e.